The molecule has 0 aromatic heterocycles. The third-order valence-corrected chi connectivity index (χ3v) is 2.96. The van der Waals surface area contributed by atoms with Crippen molar-refractivity contribution in [2.75, 3.05) is 6.61 Å². The van der Waals surface area contributed by atoms with Crippen LogP contribution in [0.25, 0.3) is 0 Å². The van der Waals surface area contributed by atoms with E-state index in [0.717, 1.165) is 12.8 Å². The summed E-state index contributed by atoms with van der Waals surface area (Å²) in [7, 11) is 0. The first-order chi connectivity index (χ1) is 6.63. The summed E-state index contributed by atoms with van der Waals surface area (Å²) in [5.41, 5.74) is 1.17. The maximum atomic E-state index is 8.86. The fourth-order valence-electron chi connectivity index (χ4n) is 1.20. The molecule has 1 nitrogen and oxygen atoms in total. The van der Waals surface area contributed by atoms with E-state index in [1.807, 2.05) is 25.1 Å². The summed E-state index contributed by atoms with van der Waals surface area (Å²) in [5, 5.41) is 10.1. The molecule has 0 aliphatic rings. The van der Waals surface area contributed by atoms with Gasteiger partial charge < -0.3 is 5.11 Å². The molecule has 0 saturated heterocycles. The first-order valence-electron chi connectivity index (χ1n) is 4.68. The summed E-state index contributed by atoms with van der Waals surface area (Å²) >= 11 is 11.7. The van der Waals surface area contributed by atoms with Gasteiger partial charge in [0.2, 0.25) is 0 Å². The topological polar surface area (TPSA) is 20.2 Å². The largest absolute Gasteiger partial charge is 0.396 e. The number of aliphatic hydroxyl groups is 1. The van der Waals surface area contributed by atoms with Gasteiger partial charge in [0.1, 0.15) is 0 Å². The van der Waals surface area contributed by atoms with Gasteiger partial charge in [-0.25, -0.2) is 0 Å². The molecule has 14 heavy (non-hydrogen) atoms. The van der Waals surface area contributed by atoms with Crippen molar-refractivity contribution in [3.63, 3.8) is 0 Å². The second-order valence-electron chi connectivity index (χ2n) is 3.57. The zero-order valence-electron chi connectivity index (χ0n) is 8.13. The summed E-state index contributed by atoms with van der Waals surface area (Å²) < 4.78 is 0. The van der Waals surface area contributed by atoms with E-state index in [4.69, 9.17) is 28.3 Å². The molecule has 1 rings (SSSR count). The van der Waals surface area contributed by atoms with Crippen LogP contribution in [-0.4, -0.2) is 11.7 Å². The molecule has 1 N–H and O–H groups in total. The van der Waals surface area contributed by atoms with Crippen molar-refractivity contribution in [3.8, 4) is 0 Å². The van der Waals surface area contributed by atoms with Crippen molar-refractivity contribution in [1.29, 1.82) is 0 Å². The molecule has 1 unspecified atom stereocenters. The molecule has 1 aromatic rings. The lowest BCUT2D eigenvalue weighted by molar-refractivity contribution is 0.230. The number of aliphatic hydroxyl groups excluding tert-OH is 1. The van der Waals surface area contributed by atoms with Crippen LogP contribution in [0.1, 0.15) is 18.9 Å². The number of hydrogen-bond donors (Lipinski definition) is 1. The summed E-state index contributed by atoms with van der Waals surface area (Å²) in [4.78, 5) is 0. The molecule has 3 heteroatoms. The average molecular weight is 233 g/mol. The van der Waals surface area contributed by atoms with Gasteiger partial charge in [-0.3, -0.25) is 0 Å². The number of halogens is 2. The van der Waals surface area contributed by atoms with Crippen LogP contribution in [0, 0.1) is 5.92 Å². The highest BCUT2D eigenvalue weighted by atomic mass is 35.5. The van der Waals surface area contributed by atoms with Crippen molar-refractivity contribution in [3.05, 3.63) is 33.8 Å². The Morgan fingerprint density at radius 2 is 2.00 bits per heavy atom. The Kier molecular flexibility index (Phi) is 4.73. The van der Waals surface area contributed by atoms with Crippen LogP contribution < -0.4 is 0 Å². The van der Waals surface area contributed by atoms with Crippen LogP contribution >= 0.6 is 23.2 Å². The number of aryl methyl sites for hydroxylation is 1. The minimum Gasteiger partial charge on any atom is -0.396 e. The molecule has 0 heterocycles. The molecule has 0 aliphatic heterocycles. The van der Waals surface area contributed by atoms with E-state index < -0.39 is 0 Å². The van der Waals surface area contributed by atoms with Crippen molar-refractivity contribution in [2.24, 2.45) is 5.92 Å². The van der Waals surface area contributed by atoms with Crippen LogP contribution in [0.15, 0.2) is 18.2 Å². The van der Waals surface area contributed by atoms with Crippen LogP contribution in [0.5, 0.6) is 0 Å². The molecule has 1 aromatic carbocycles. The smallest absolute Gasteiger partial charge is 0.0595 e. The van der Waals surface area contributed by atoms with E-state index in [0.29, 0.717) is 16.0 Å². The van der Waals surface area contributed by atoms with Gasteiger partial charge in [0.15, 0.2) is 0 Å². The predicted molar refractivity (Wildman–Crippen MR) is 61.0 cm³/mol. The first-order valence-corrected chi connectivity index (χ1v) is 5.44. The molecule has 0 spiro atoms. The number of rotatable bonds is 4. The Labute approximate surface area is 94.7 Å². The fourth-order valence-corrected chi connectivity index (χ4v) is 1.52. The predicted octanol–water partition coefficient (Wildman–Crippen LogP) is 3.55. The SMILES string of the molecule is CC(CO)CCc1ccc(Cl)c(Cl)c1. The van der Waals surface area contributed by atoms with Gasteiger partial charge in [-0.1, -0.05) is 36.2 Å². The highest BCUT2D eigenvalue weighted by Crippen LogP contribution is 2.23. The summed E-state index contributed by atoms with van der Waals surface area (Å²) in [5.74, 6) is 0.337. The second kappa shape index (κ2) is 5.59. The van der Waals surface area contributed by atoms with Crippen LogP contribution in [0.2, 0.25) is 10.0 Å². The Hall–Kier alpha value is -0.240. The maximum absolute atomic E-state index is 8.86. The average Bonchev–Trinajstić information content (AvgIpc) is 2.19. The van der Waals surface area contributed by atoms with Crippen LogP contribution in [-0.2, 0) is 6.42 Å². The lowest BCUT2D eigenvalue weighted by Gasteiger charge is -2.07. The summed E-state index contributed by atoms with van der Waals surface area (Å²) in [6, 6.07) is 5.66. The van der Waals surface area contributed by atoms with E-state index >= 15 is 0 Å². The summed E-state index contributed by atoms with van der Waals surface area (Å²) in [6.07, 6.45) is 1.90. The molecule has 1 atom stereocenters. The lowest BCUT2D eigenvalue weighted by atomic mass is 10.0. The molecule has 78 valence electrons. The zero-order valence-corrected chi connectivity index (χ0v) is 9.65. The van der Waals surface area contributed by atoms with Crippen molar-refractivity contribution in [2.45, 2.75) is 19.8 Å². The Balaban J connectivity index is 2.55. The molecule has 0 bridgehead atoms. The number of hydrogen-bond acceptors (Lipinski definition) is 1. The third kappa shape index (κ3) is 3.49. The van der Waals surface area contributed by atoms with E-state index in [1.54, 1.807) is 0 Å². The molecular formula is C11H14Cl2O. The first kappa shape index (κ1) is 11.8. The van der Waals surface area contributed by atoms with Gasteiger partial charge >= 0.3 is 0 Å². The zero-order chi connectivity index (χ0) is 10.6. The molecule has 0 saturated carbocycles. The van der Waals surface area contributed by atoms with Gasteiger partial charge in [-0.15, -0.1) is 0 Å². The highest BCUT2D eigenvalue weighted by Gasteiger charge is 2.03. The van der Waals surface area contributed by atoms with Gasteiger partial charge in [0, 0.05) is 6.61 Å². The van der Waals surface area contributed by atoms with Gasteiger partial charge in [-0.05, 0) is 36.5 Å². The molecular weight excluding hydrogens is 219 g/mol. The van der Waals surface area contributed by atoms with E-state index in [2.05, 4.69) is 0 Å². The molecule has 0 radical (unpaired) electrons. The van der Waals surface area contributed by atoms with Crippen LogP contribution in [0.4, 0.5) is 0 Å². The quantitative estimate of drug-likeness (QED) is 0.843. The molecule has 0 aliphatic carbocycles. The lowest BCUT2D eigenvalue weighted by Crippen LogP contribution is -2.02. The standard InChI is InChI=1S/C11H14Cl2O/c1-8(7-14)2-3-9-4-5-10(12)11(13)6-9/h4-6,8,14H,2-3,7H2,1H3. The highest BCUT2D eigenvalue weighted by molar-refractivity contribution is 6.42. The molecule has 0 amide bonds. The van der Waals surface area contributed by atoms with Gasteiger partial charge in [0.05, 0.1) is 10.0 Å². The van der Waals surface area contributed by atoms with Crippen molar-refractivity contribution < 1.29 is 5.11 Å². The minimum atomic E-state index is 0.237. The Morgan fingerprint density at radius 1 is 1.29 bits per heavy atom. The van der Waals surface area contributed by atoms with E-state index in [1.165, 1.54) is 5.56 Å². The number of benzene rings is 1. The monoisotopic (exact) mass is 232 g/mol. The third-order valence-electron chi connectivity index (χ3n) is 2.22. The molecule has 0 fully saturated rings. The van der Waals surface area contributed by atoms with Gasteiger partial charge in [0.25, 0.3) is 0 Å². The van der Waals surface area contributed by atoms with Gasteiger partial charge in [-0.2, -0.15) is 0 Å². The fraction of sp³-hybridized carbons (Fsp3) is 0.455. The Bertz CT molecular complexity index is 299. The minimum absolute atomic E-state index is 0.237. The Morgan fingerprint density at radius 3 is 2.57 bits per heavy atom. The summed E-state index contributed by atoms with van der Waals surface area (Å²) in [6.45, 7) is 2.26. The maximum Gasteiger partial charge on any atom is 0.0595 e. The van der Waals surface area contributed by atoms with E-state index in [9.17, 15) is 0 Å². The van der Waals surface area contributed by atoms with Crippen LogP contribution in [0.3, 0.4) is 0 Å². The second-order valence-corrected chi connectivity index (χ2v) is 4.39. The normalized spacial score (nSPS) is 12.9. The van der Waals surface area contributed by atoms with E-state index in [-0.39, 0.29) is 6.61 Å². The van der Waals surface area contributed by atoms with Crippen molar-refractivity contribution in [1.82, 2.24) is 0 Å². The van der Waals surface area contributed by atoms with Crippen molar-refractivity contribution >= 4 is 23.2 Å².